The first-order valence-corrected chi connectivity index (χ1v) is 11.7. The quantitative estimate of drug-likeness (QED) is 0.653. The summed E-state index contributed by atoms with van der Waals surface area (Å²) in [5.74, 6) is 1.18. The molecule has 0 amide bonds. The Labute approximate surface area is 183 Å². The maximum absolute atomic E-state index is 4.86. The molecule has 6 heteroatoms. The van der Waals surface area contributed by atoms with E-state index in [4.69, 9.17) is 9.97 Å². The molecule has 1 aliphatic carbocycles. The smallest absolute Gasteiger partial charge is 0.135 e. The van der Waals surface area contributed by atoms with Crippen LogP contribution in [-0.2, 0) is 19.5 Å². The Morgan fingerprint density at radius 2 is 1.77 bits per heavy atom. The predicted octanol–water partition coefficient (Wildman–Crippen LogP) is 3.26. The monoisotopic (exact) mass is 414 g/mol. The molecule has 1 aromatic carbocycles. The minimum absolute atomic E-state index is 0.846. The molecule has 0 N–H and O–H groups in total. The van der Waals surface area contributed by atoms with Crippen LogP contribution in [0.5, 0.6) is 0 Å². The van der Waals surface area contributed by atoms with Crippen LogP contribution >= 0.6 is 0 Å². The molecular weight excluding hydrogens is 384 g/mol. The summed E-state index contributed by atoms with van der Waals surface area (Å²) in [7, 11) is 0. The zero-order valence-corrected chi connectivity index (χ0v) is 18.1. The molecule has 31 heavy (non-hydrogen) atoms. The Bertz CT molecular complexity index is 1070. The molecule has 3 aromatic rings. The van der Waals surface area contributed by atoms with E-state index in [0.29, 0.717) is 0 Å². The van der Waals surface area contributed by atoms with Gasteiger partial charge in [0.1, 0.15) is 12.1 Å². The van der Waals surface area contributed by atoms with Gasteiger partial charge in [0.2, 0.25) is 0 Å². The first-order valence-electron chi connectivity index (χ1n) is 11.7. The van der Waals surface area contributed by atoms with Crippen LogP contribution in [0.3, 0.4) is 0 Å². The second kappa shape index (κ2) is 8.17. The molecule has 0 bridgehead atoms. The molecule has 0 radical (unpaired) electrons. The van der Waals surface area contributed by atoms with Crippen molar-refractivity contribution in [2.24, 2.45) is 0 Å². The third-order valence-corrected chi connectivity index (χ3v) is 7.31. The average molecular weight is 415 g/mol. The van der Waals surface area contributed by atoms with Crippen molar-refractivity contribution < 1.29 is 0 Å². The fourth-order valence-electron chi connectivity index (χ4n) is 5.27. The Hall–Kier alpha value is -2.57. The normalized spacial score (nSPS) is 20.6. The third-order valence-electron chi connectivity index (χ3n) is 7.31. The molecule has 1 saturated heterocycles. The van der Waals surface area contributed by atoms with Gasteiger partial charge in [-0.1, -0.05) is 30.7 Å². The van der Waals surface area contributed by atoms with Gasteiger partial charge in [-0.15, -0.1) is 0 Å². The van der Waals surface area contributed by atoms with E-state index < -0.39 is 0 Å². The summed E-state index contributed by atoms with van der Waals surface area (Å²) in [5.41, 5.74) is 4.76. The highest BCUT2D eigenvalue weighted by Crippen LogP contribution is 2.29. The number of anilines is 1. The Morgan fingerprint density at radius 1 is 0.903 bits per heavy atom. The van der Waals surface area contributed by atoms with Crippen LogP contribution in [0.15, 0.2) is 42.7 Å². The van der Waals surface area contributed by atoms with Crippen molar-refractivity contribution in [3.8, 4) is 0 Å². The van der Waals surface area contributed by atoms with Gasteiger partial charge in [-0.25, -0.2) is 9.97 Å². The van der Waals surface area contributed by atoms with E-state index in [1.165, 1.54) is 54.8 Å². The van der Waals surface area contributed by atoms with E-state index in [9.17, 15) is 0 Å². The summed E-state index contributed by atoms with van der Waals surface area (Å²) < 4.78 is 0. The Balaban J connectivity index is 1.14. The number of para-hydroxylation sites is 1. The number of benzene rings is 1. The van der Waals surface area contributed by atoms with Gasteiger partial charge in [-0.3, -0.25) is 14.8 Å². The number of rotatable bonds is 4. The predicted molar refractivity (Wildman–Crippen MR) is 123 cm³/mol. The van der Waals surface area contributed by atoms with E-state index in [-0.39, 0.29) is 0 Å². The van der Waals surface area contributed by atoms with Crippen LogP contribution in [-0.4, -0.2) is 63.5 Å². The lowest BCUT2D eigenvalue weighted by molar-refractivity contribution is 0.120. The summed E-state index contributed by atoms with van der Waals surface area (Å²) in [6.45, 7) is 7.29. The van der Waals surface area contributed by atoms with Gasteiger partial charge in [0.15, 0.2) is 0 Å². The zero-order chi connectivity index (χ0) is 20.6. The van der Waals surface area contributed by atoms with Crippen LogP contribution in [0.4, 0.5) is 5.82 Å². The molecule has 0 unspecified atom stereocenters. The number of nitrogens with zero attached hydrogens (tertiary/aromatic N) is 6. The summed E-state index contributed by atoms with van der Waals surface area (Å²) in [5, 5.41) is 1.20. The topological polar surface area (TPSA) is 48.4 Å². The second-order valence-corrected chi connectivity index (χ2v) is 9.19. The van der Waals surface area contributed by atoms with Crippen molar-refractivity contribution in [1.82, 2.24) is 24.8 Å². The first-order chi connectivity index (χ1) is 15.3. The molecule has 2 fully saturated rings. The van der Waals surface area contributed by atoms with Crippen LogP contribution in [0.25, 0.3) is 10.9 Å². The van der Waals surface area contributed by atoms with Gasteiger partial charge in [-0.05, 0) is 31.4 Å². The van der Waals surface area contributed by atoms with Crippen molar-refractivity contribution in [2.75, 3.05) is 37.6 Å². The van der Waals surface area contributed by atoms with Crippen LogP contribution in [0.2, 0.25) is 0 Å². The van der Waals surface area contributed by atoms with E-state index in [0.717, 1.165) is 56.4 Å². The molecular formula is C25H30N6. The van der Waals surface area contributed by atoms with Crippen molar-refractivity contribution in [1.29, 1.82) is 0 Å². The fourth-order valence-corrected chi connectivity index (χ4v) is 5.27. The van der Waals surface area contributed by atoms with Gasteiger partial charge in [-0.2, -0.15) is 0 Å². The van der Waals surface area contributed by atoms with Gasteiger partial charge < -0.3 is 4.90 Å². The summed E-state index contributed by atoms with van der Waals surface area (Å²) in [4.78, 5) is 21.9. The molecule has 2 aliphatic heterocycles. The van der Waals surface area contributed by atoms with Crippen molar-refractivity contribution in [3.05, 3.63) is 59.7 Å². The van der Waals surface area contributed by atoms with Gasteiger partial charge >= 0.3 is 0 Å². The number of aromatic nitrogens is 3. The van der Waals surface area contributed by atoms with E-state index >= 15 is 0 Å². The lowest BCUT2D eigenvalue weighted by Crippen LogP contribution is -2.52. The average Bonchev–Trinajstić information content (AvgIpc) is 2.78. The molecule has 1 saturated carbocycles. The number of hydrogen-bond donors (Lipinski definition) is 0. The minimum Gasteiger partial charge on any atom is -0.354 e. The number of fused-ring (bicyclic) bond motifs is 2. The fraction of sp³-hybridized carbons (Fsp3) is 0.480. The molecule has 6 nitrogen and oxygen atoms in total. The standard InChI is InChI=1S/C25H30N6/c1-2-7-23-19(4-1)8-9-20(28-23)16-29-11-10-22-24(17-29)26-18-27-25(22)31-14-12-30(13-15-31)21-5-3-6-21/h1-2,4,7-9,18,21H,3,5-6,10-17H2. The van der Waals surface area contributed by atoms with Crippen molar-refractivity contribution in [2.45, 2.75) is 44.8 Å². The minimum atomic E-state index is 0.846. The largest absolute Gasteiger partial charge is 0.354 e. The highest BCUT2D eigenvalue weighted by Gasteiger charge is 2.30. The number of pyridine rings is 1. The lowest BCUT2D eigenvalue weighted by atomic mass is 9.91. The summed E-state index contributed by atoms with van der Waals surface area (Å²) in [6.07, 6.45) is 6.98. The van der Waals surface area contributed by atoms with Crippen molar-refractivity contribution in [3.63, 3.8) is 0 Å². The molecule has 2 aromatic heterocycles. The van der Waals surface area contributed by atoms with E-state index in [1.807, 2.05) is 0 Å². The van der Waals surface area contributed by atoms with E-state index in [2.05, 4.69) is 56.1 Å². The Kier molecular flexibility index (Phi) is 5.04. The SMILES string of the molecule is c1ccc2nc(CN3CCc4c(ncnc4N4CCN(C5CCC5)CC4)C3)ccc2c1. The van der Waals surface area contributed by atoms with E-state index in [1.54, 1.807) is 6.33 Å². The number of hydrogen-bond acceptors (Lipinski definition) is 6. The highest BCUT2D eigenvalue weighted by atomic mass is 15.3. The number of piperazine rings is 1. The zero-order valence-electron chi connectivity index (χ0n) is 18.1. The summed E-state index contributed by atoms with van der Waals surface area (Å²) >= 11 is 0. The maximum atomic E-state index is 4.86. The van der Waals surface area contributed by atoms with Crippen LogP contribution in [0, 0.1) is 0 Å². The molecule has 0 spiro atoms. The second-order valence-electron chi connectivity index (χ2n) is 9.19. The lowest BCUT2D eigenvalue weighted by Gasteiger charge is -2.43. The Morgan fingerprint density at radius 3 is 2.61 bits per heavy atom. The highest BCUT2D eigenvalue weighted by molar-refractivity contribution is 5.78. The third kappa shape index (κ3) is 3.79. The first kappa shape index (κ1) is 19.1. The maximum Gasteiger partial charge on any atom is 0.135 e. The molecule has 0 atom stereocenters. The molecule has 4 heterocycles. The molecule has 3 aliphatic rings. The molecule has 160 valence electrons. The molecule has 6 rings (SSSR count). The van der Waals surface area contributed by atoms with Gasteiger partial charge in [0.05, 0.1) is 16.9 Å². The van der Waals surface area contributed by atoms with Crippen LogP contribution < -0.4 is 4.90 Å². The van der Waals surface area contributed by atoms with Gasteiger partial charge in [0, 0.05) is 62.8 Å². The van der Waals surface area contributed by atoms with Gasteiger partial charge in [0.25, 0.3) is 0 Å². The van der Waals surface area contributed by atoms with Crippen LogP contribution in [0.1, 0.15) is 36.2 Å². The van der Waals surface area contributed by atoms with Crippen molar-refractivity contribution >= 4 is 16.7 Å². The summed E-state index contributed by atoms with van der Waals surface area (Å²) in [6, 6.07) is 13.5.